The first kappa shape index (κ1) is 15.6. The van der Waals surface area contributed by atoms with Crippen molar-refractivity contribution in [2.75, 3.05) is 17.2 Å². The highest BCUT2D eigenvalue weighted by molar-refractivity contribution is 5.52. The quantitative estimate of drug-likeness (QED) is 0.895. The van der Waals surface area contributed by atoms with Crippen LogP contribution in [0.25, 0.3) is 0 Å². The van der Waals surface area contributed by atoms with Crippen molar-refractivity contribution in [3.63, 3.8) is 0 Å². The summed E-state index contributed by atoms with van der Waals surface area (Å²) in [6.45, 7) is 2.68. The van der Waals surface area contributed by atoms with Crippen molar-refractivity contribution in [2.45, 2.75) is 32.0 Å². The largest absolute Gasteiger partial charge is 0.416 e. The van der Waals surface area contributed by atoms with Crippen molar-refractivity contribution < 1.29 is 13.2 Å². The monoisotopic (exact) mass is 321 g/mol. The van der Waals surface area contributed by atoms with Gasteiger partial charge in [-0.3, -0.25) is 0 Å². The van der Waals surface area contributed by atoms with E-state index in [-0.39, 0.29) is 11.9 Å². The number of alkyl halides is 3. The van der Waals surface area contributed by atoms with Crippen LogP contribution in [0.15, 0.2) is 36.4 Å². The minimum atomic E-state index is -4.43. The van der Waals surface area contributed by atoms with E-state index in [1.165, 1.54) is 0 Å². The average Bonchev–Trinajstić information content (AvgIpc) is 2.96. The lowest BCUT2D eigenvalue weighted by Gasteiger charge is -2.27. The molecular formula is C17H18F3N3. The molecule has 1 aliphatic heterocycles. The summed E-state index contributed by atoms with van der Waals surface area (Å²) in [7, 11) is 0. The molecule has 23 heavy (non-hydrogen) atoms. The molecule has 1 aliphatic rings. The Morgan fingerprint density at radius 2 is 1.87 bits per heavy atom. The summed E-state index contributed by atoms with van der Waals surface area (Å²) < 4.78 is 39.0. The predicted molar refractivity (Wildman–Crippen MR) is 84.2 cm³/mol. The van der Waals surface area contributed by atoms with E-state index in [0.29, 0.717) is 12.4 Å². The van der Waals surface area contributed by atoms with E-state index in [4.69, 9.17) is 5.73 Å². The summed E-state index contributed by atoms with van der Waals surface area (Å²) in [6, 6.07) is 10.1. The first-order valence-electron chi connectivity index (χ1n) is 7.52. The second-order valence-corrected chi connectivity index (χ2v) is 5.90. The van der Waals surface area contributed by atoms with Crippen molar-refractivity contribution in [3.8, 4) is 0 Å². The molecule has 1 fully saturated rings. The Labute approximate surface area is 132 Å². The third-order valence-electron chi connectivity index (χ3n) is 4.17. The van der Waals surface area contributed by atoms with Crippen LogP contribution in [0.3, 0.4) is 0 Å². The molecule has 1 aromatic carbocycles. The molecule has 0 aliphatic carbocycles. The lowest BCUT2D eigenvalue weighted by atomic mass is 10.0. The number of pyridine rings is 1. The zero-order valence-corrected chi connectivity index (χ0v) is 12.8. The molecule has 0 radical (unpaired) electrons. The lowest BCUT2D eigenvalue weighted by Crippen LogP contribution is -2.24. The molecule has 0 spiro atoms. The minimum Gasteiger partial charge on any atom is -0.384 e. The Morgan fingerprint density at radius 3 is 2.52 bits per heavy atom. The molecule has 1 aromatic heterocycles. The van der Waals surface area contributed by atoms with Crippen LogP contribution in [0.5, 0.6) is 0 Å². The number of nitrogens with two attached hydrogens (primary N) is 1. The van der Waals surface area contributed by atoms with Gasteiger partial charge in [0.2, 0.25) is 0 Å². The van der Waals surface area contributed by atoms with Crippen LogP contribution in [-0.4, -0.2) is 11.5 Å². The Hall–Kier alpha value is -2.24. The molecule has 0 amide bonds. The third-order valence-corrected chi connectivity index (χ3v) is 4.17. The highest BCUT2D eigenvalue weighted by atomic mass is 19.4. The van der Waals surface area contributed by atoms with Crippen LogP contribution in [-0.2, 0) is 6.18 Å². The smallest absolute Gasteiger partial charge is 0.384 e. The molecule has 2 aromatic rings. The molecule has 2 heterocycles. The normalized spacial score (nSPS) is 18.4. The van der Waals surface area contributed by atoms with Crippen molar-refractivity contribution in [1.29, 1.82) is 0 Å². The number of aromatic nitrogens is 1. The molecule has 2 N–H and O–H groups in total. The van der Waals surface area contributed by atoms with Crippen LogP contribution in [0.2, 0.25) is 0 Å². The Kier molecular flexibility index (Phi) is 3.92. The summed E-state index contributed by atoms with van der Waals surface area (Å²) in [4.78, 5) is 6.04. The summed E-state index contributed by atoms with van der Waals surface area (Å²) in [5.41, 5.74) is 7.08. The Morgan fingerprint density at radius 1 is 1.17 bits per heavy atom. The van der Waals surface area contributed by atoms with Crippen LogP contribution in [0, 0.1) is 6.92 Å². The van der Waals surface area contributed by atoms with Gasteiger partial charge in [-0.05, 0) is 37.5 Å². The van der Waals surface area contributed by atoms with Gasteiger partial charge in [0.1, 0.15) is 11.6 Å². The van der Waals surface area contributed by atoms with Gasteiger partial charge in [-0.15, -0.1) is 0 Å². The molecule has 3 nitrogen and oxygen atoms in total. The number of rotatable bonds is 2. The molecule has 3 rings (SSSR count). The van der Waals surface area contributed by atoms with Crippen molar-refractivity contribution >= 4 is 11.6 Å². The lowest BCUT2D eigenvalue weighted by molar-refractivity contribution is -0.137. The van der Waals surface area contributed by atoms with Gasteiger partial charge in [0.25, 0.3) is 0 Å². The van der Waals surface area contributed by atoms with E-state index in [1.807, 2.05) is 36.1 Å². The SMILES string of the molecule is Cc1ccc(C2CCCN2c2cc(C(F)(F)F)cc(N)n2)cc1. The maximum absolute atomic E-state index is 13.0. The van der Waals surface area contributed by atoms with E-state index < -0.39 is 11.7 Å². The zero-order valence-electron chi connectivity index (χ0n) is 12.8. The highest BCUT2D eigenvalue weighted by Crippen LogP contribution is 2.38. The van der Waals surface area contributed by atoms with Crippen LogP contribution >= 0.6 is 0 Å². The van der Waals surface area contributed by atoms with Gasteiger partial charge in [-0.25, -0.2) is 4.98 Å². The minimum absolute atomic E-state index is 0.0333. The topological polar surface area (TPSA) is 42.1 Å². The first-order valence-corrected chi connectivity index (χ1v) is 7.52. The summed E-state index contributed by atoms with van der Waals surface area (Å²) in [5.74, 6) is 0.185. The fourth-order valence-corrected chi connectivity index (χ4v) is 3.02. The third kappa shape index (κ3) is 3.25. The first-order chi connectivity index (χ1) is 10.8. The number of aryl methyl sites for hydroxylation is 1. The maximum atomic E-state index is 13.0. The zero-order chi connectivity index (χ0) is 16.6. The van der Waals surface area contributed by atoms with Crippen LogP contribution in [0.4, 0.5) is 24.8 Å². The number of nitrogens with zero attached hydrogens (tertiary/aromatic N) is 2. The number of hydrogen-bond donors (Lipinski definition) is 1. The number of hydrogen-bond acceptors (Lipinski definition) is 3. The van der Waals surface area contributed by atoms with E-state index in [9.17, 15) is 13.2 Å². The Bertz CT molecular complexity index is 695. The molecule has 0 bridgehead atoms. The van der Waals surface area contributed by atoms with E-state index in [0.717, 1.165) is 36.1 Å². The molecule has 1 unspecified atom stereocenters. The van der Waals surface area contributed by atoms with Crippen LogP contribution < -0.4 is 10.6 Å². The summed E-state index contributed by atoms with van der Waals surface area (Å²) >= 11 is 0. The second-order valence-electron chi connectivity index (χ2n) is 5.90. The van der Waals surface area contributed by atoms with Crippen molar-refractivity contribution in [2.24, 2.45) is 0 Å². The van der Waals surface area contributed by atoms with E-state index >= 15 is 0 Å². The van der Waals surface area contributed by atoms with Gasteiger partial charge in [-0.2, -0.15) is 13.2 Å². The van der Waals surface area contributed by atoms with Gasteiger partial charge in [0.05, 0.1) is 11.6 Å². The molecule has 1 atom stereocenters. The standard InChI is InChI=1S/C17H18F3N3/c1-11-4-6-12(7-5-11)14-3-2-8-23(14)16-10-13(17(18,19)20)9-15(21)22-16/h4-7,9-10,14H,2-3,8H2,1H3,(H2,21,22). The van der Waals surface area contributed by atoms with Gasteiger partial charge < -0.3 is 10.6 Å². The van der Waals surface area contributed by atoms with E-state index in [2.05, 4.69) is 4.98 Å². The van der Waals surface area contributed by atoms with Crippen LogP contribution in [0.1, 0.15) is 35.6 Å². The number of halogens is 3. The molecule has 1 saturated heterocycles. The number of anilines is 2. The van der Waals surface area contributed by atoms with Gasteiger partial charge in [-0.1, -0.05) is 29.8 Å². The predicted octanol–water partition coefficient (Wildman–Crippen LogP) is 4.33. The average molecular weight is 321 g/mol. The highest BCUT2D eigenvalue weighted by Gasteiger charge is 2.34. The molecule has 122 valence electrons. The number of nitrogen functional groups attached to an aromatic ring is 1. The second kappa shape index (κ2) is 5.76. The van der Waals surface area contributed by atoms with Gasteiger partial charge >= 0.3 is 6.18 Å². The molecule has 0 saturated carbocycles. The fourth-order valence-electron chi connectivity index (χ4n) is 3.02. The molecular weight excluding hydrogens is 303 g/mol. The summed E-state index contributed by atoms with van der Waals surface area (Å²) in [5, 5.41) is 0. The number of benzene rings is 1. The maximum Gasteiger partial charge on any atom is 0.416 e. The summed E-state index contributed by atoms with van der Waals surface area (Å²) in [6.07, 6.45) is -2.62. The molecule has 6 heteroatoms. The van der Waals surface area contributed by atoms with Gasteiger partial charge in [0, 0.05) is 6.54 Å². The van der Waals surface area contributed by atoms with Gasteiger partial charge in [0.15, 0.2) is 0 Å². The van der Waals surface area contributed by atoms with Crippen molar-refractivity contribution in [1.82, 2.24) is 4.98 Å². The van der Waals surface area contributed by atoms with Crippen molar-refractivity contribution in [3.05, 3.63) is 53.1 Å². The Balaban J connectivity index is 1.97. The fraction of sp³-hybridized carbons (Fsp3) is 0.353. The van der Waals surface area contributed by atoms with E-state index in [1.54, 1.807) is 0 Å².